The minimum absolute atomic E-state index is 0. The van der Waals surface area contributed by atoms with Gasteiger partial charge in [0.1, 0.15) is 0 Å². The molecule has 18 heavy (non-hydrogen) atoms. The van der Waals surface area contributed by atoms with Crippen LogP contribution in [0, 0.1) is 6.07 Å². The first-order chi connectivity index (χ1) is 7.97. The summed E-state index contributed by atoms with van der Waals surface area (Å²) in [5.41, 5.74) is 2.10. The summed E-state index contributed by atoms with van der Waals surface area (Å²) in [5.74, 6) is 0.715. The van der Waals surface area contributed by atoms with Crippen molar-refractivity contribution in [2.75, 3.05) is 14.1 Å². The van der Waals surface area contributed by atoms with Gasteiger partial charge in [-0.1, -0.05) is 13.8 Å². The molecule has 0 heterocycles. The third kappa shape index (κ3) is 2.86. The van der Waals surface area contributed by atoms with Crippen molar-refractivity contribution in [1.29, 1.82) is 0 Å². The Bertz CT molecular complexity index is 419. The fourth-order valence-electron chi connectivity index (χ4n) is 2.27. The molecule has 2 rings (SSSR count). The van der Waals surface area contributed by atoms with Crippen LogP contribution in [-0.2, 0) is 42.9 Å². The number of amides is 1. The van der Waals surface area contributed by atoms with E-state index in [0.29, 0.717) is 5.92 Å². The number of likely N-dealkylation sites (N-methyl/N-ethyl adjacent to an activating group) is 1. The molecule has 1 aliphatic rings. The van der Waals surface area contributed by atoms with E-state index in [4.69, 9.17) is 0 Å². The van der Waals surface area contributed by atoms with E-state index >= 15 is 0 Å². The molecule has 0 N–H and O–H groups in total. The summed E-state index contributed by atoms with van der Waals surface area (Å²) in [4.78, 5) is 13.9. The average molecular weight is 319 g/mol. The standard InChI is InChI=1S/C15H20NO.Y/c1-11(2)12-5-7-13(8-6-12)15(9-10-15)14(17)16(3)4;/h5,7-8,11H,9-10H2,1-4H3;/q-1;. The van der Waals surface area contributed by atoms with E-state index in [0.717, 1.165) is 18.4 Å². The molecule has 0 aromatic heterocycles. The van der Waals surface area contributed by atoms with E-state index in [1.54, 1.807) is 4.90 Å². The van der Waals surface area contributed by atoms with Crippen LogP contribution in [0.25, 0.3) is 0 Å². The number of carbonyl (C=O) groups is 1. The van der Waals surface area contributed by atoms with Crippen molar-refractivity contribution in [2.45, 2.75) is 38.0 Å². The van der Waals surface area contributed by atoms with Crippen LogP contribution in [0.5, 0.6) is 0 Å². The molecule has 0 spiro atoms. The van der Waals surface area contributed by atoms with Gasteiger partial charge in [-0.25, -0.2) is 0 Å². The maximum absolute atomic E-state index is 12.2. The fraction of sp³-hybridized carbons (Fsp3) is 0.533. The van der Waals surface area contributed by atoms with Gasteiger partial charge in [0.25, 0.3) is 0 Å². The molecule has 0 aliphatic heterocycles. The molecule has 1 aliphatic carbocycles. The molecule has 2 nitrogen and oxygen atoms in total. The second-order valence-corrected chi connectivity index (χ2v) is 5.47. The van der Waals surface area contributed by atoms with Crippen LogP contribution in [0.4, 0.5) is 0 Å². The van der Waals surface area contributed by atoms with Crippen molar-refractivity contribution < 1.29 is 37.5 Å². The van der Waals surface area contributed by atoms with Crippen LogP contribution < -0.4 is 0 Å². The third-order valence-electron chi connectivity index (χ3n) is 3.58. The van der Waals surface area contributed by atoms with Gasteiger partial charge in [-0.3, -0.25) is 4.79 Å². The Morgan fingerprint density at radius 3 is 2.28 bits per heavy atom. The Labute approximate surface area is 135 Å². The number of nitrogens with zero attached hydrogens (tertiary/aromatic N) is 1. The predicted molar refractivity (Wildman–Crippen MR) is 69.0 cm³/mol. The van der Waals surface area contributed by atoms with E-state index in [9.17, 15) is 4.79 Å². The van der Waals surface area contributed by atoms with Gasteiger partial charge < -0.3 is 4.90 Å². The zero-order valence-electron chi connectivity index (χ0n) is 11.7. The molecule has 0 unspecified atom stereocenters. The Morgan fingerprint density at radius 1 is 1.33 bits per heavy atom. The topological polar surface area (TPSA) is 20.3 Å². The van der Waals surface area contributed by atoms with Gasteiger partial charge in [0, 0.05) is 52.2 Å². The van der Waals surface area contributed by atoms with E-state index in [1.165, 1.54) is 5.56 Å². The summed E-state index contributed by atoms with van der Waals surface area (Å²) < 4.78 is 0. The summed E-state index contributed by atoms with van der Waals surface area (Å²) in [6.45, 7) is 4.31. The third-order valence-corrected chi connectivity index (χ3v) is 3.58. The molecular weight excluding hydrogens is 299 g/mol. The smallest absolute Gasteiger partial charge is 0.221 e. The minimum Gasteiger partial charge on any atom is -0.349 e. The molecule has 0 saturated heterocycles. The zero-order chi connectivity index (χ0) is 12.6. The maximum Gasteiger partial charge on any atom is 0.221 e. The Morgan fingerprint density at radius 2 is 1.94 bits per heavy atom. The number of carbonyl (C=O) groups excluding carboxylic acids is 1. The number of rotatable bonds is 3. The first kappa shape index (κ1) is 15.9. The second kappa shape index (κ2) is 5.84. The van der Waals surface area contributed by atoms with E-state index in [1.807, 2.05) is 20.2 Å². The summed E-state index contributed by atoms with van der Waals surface area (Å²) in [5, 5.41) is 0. The normalized spacial score (nSPS) is 16.1. The first-order valence-electron chi connectivity index (χ1n) is 6.21. The quantitative estimate of drug-likeness (QED) is 0.785. The van der Waals surface area contributed by atoms with Gasteiger partial charge in [-0.05, 0) is 18.8 Å². The number of hydrogen-bond acceptors (Lipinski definition) is 1. The van der Waals surface area contributed by atoms with Gasteiger partial charge >= 0.3 is 0 Å². The van der Waals surface area contributed by atoms with Crippen LogP contribution in [0.1, 0.15) is 43.7 Å². The van der Waals surface area contributed by atoms with Gasteiger partial charge in [0.05, 0.1) is 0 Å². The largest absolute Gasteiger partial charge is 0.349 e. The fourth-order valence-corrected chi connectivity index (χ4v) is 2.27. The van der Waals surface area contributed by atoms with Crippen LogP contribution in [-0.4, -0.2) is 24.9 Å². The van der Waals surface area contributed by atoms with Crippen molar-refractivity contribution in [1.82, 2.24) is 4.90 Å². The van der Waals surface area contributed by atoms with Crippen molar-refractivity contribution >= 4 is 5.91 Å². The molecule has 1 saturated carbocycles. The van der Waals surface area contributed by atoms with E-state index in [-0.39, 0.29) is 44.0 Å². The Hall–Kier alpha value is -0.206. The molecular formula is C15H20NOY-. The molecule has 1 fully saturated rings. The molecule has 1 aromatic carbocycles. The number of hydrogen-bond donors (Lipinski definition) is 0. The maximum atomic E-state index is 12.2. The van der Waals surface area contributed by atoms with Crippen molar-refractivity contribution in [3.8, 4) is 0 Å². The van der Waals surface area contributed by atoms with Gasteiger partial charge in [0.2, 0.25) is 5.91 Å². The van der Waals surface area contributed by atoms with Crippen molar-refractivity contribution in [3.63, 3.8) is 0 Å². The molecule has 3 heteroatoms. The molecule has 95 valence electrons. The first-order valence-corrected chi connectivity index (χ1v) is 6.21. The van der Waals surface area contributed by atoms with E-state index in [2.05, 4.69) is 32.0 Å². The van der Waals surface area contributed by atoms with Crippen molar-refractivity contribution in [3.05, 3.63) is 35.4 Å². The van der Waals surface area contributed by atoms with Crippen LogP contribution in [0.2, 0.25) is 0 Å². The molecule has 1 amide bonds. The summed E-state index contributed by atoms with van der Waals surface area (Å²) in [7, 11) is 3.66. The van der Waals surface area contributed by atoms with Gasteiger partial charge in [-0.15, -0.1) is 5.56 Å². The molecule has 1 aromatic rings. The monoisotopic (exact) mass is 319 g/mol. The molecule has 0 bridgehead atoms. The van der Waals surface area contributed by atoms with Crippen LogP contribution in [0.3, 0.4) is 0 Å². The zero-order valence-corrected chi connectivity index (χ0v) is 14.5. The summed E-state index contributed by atoms with van der Waals surface area (Å²) in [6, 6.07) is 9.51. The minimum atomic E-state index is -0.241. The van der Waals surface area contributed by atoms with E-state index < -0.39 is 0 Å². The van der Waals surface area contributed by atoms with Gasteiger partial charge in [0.15, 0.2) is 0 Å². The average Bonchev–Trinajstić information content (AvgIpc) is 3.09. The number of benzene rings is 1. The van der Waals surface area contributed by atoms with Crippen molar-refractivity contribution in [2.24, 2.45) is 0 Å². The van der Waals surface area contributed by atoms with Gasteiger partial charge in [-0.2, -0.15) is 29.8 Å². The molecule has 0 atom stereocenters. The summed E-state index contributed by atoms with van der Waals surface area (Å²) >= 11 is 0. The van der Waals surface area contributed by atoms with Crippen LogP contribution >= 0.6 is 0 Å². The molecule has 1 radical (unpaired) electrons. The summed E-state index contributed by atoms with van der Waals surface area (Å²) in [6.07, 6.45) is 1.94. The SMILES string of the molecule is CC(C)c1[c-]cc(C2(C(=O)N(C)C)CC2)cc1.[Y]. The van der Waals surface area contributed by atoms with Crippen LogP contribution in [0.15, 0.2) is 18.2 Å². The predicted octanol–water partition coefficient (Wildman–Crippen LogP) is 2.73. The Kier molecular flexibility index (Phi) is 5.14. The Balaban J connectivity index is 0.00000162. The second-order valence-electron chi connectivity index (χ2n) is 5.47.